The predicted octanol–water partition coefficient (Wildman–Crippen LogP) is 2.00. The van der Waals surface area contributed by atoms with Gasteiger partial charge in [0.25, 0.3) is 0 Å². The van der Waals surface area contributed by atoms with Gasteiger partial charge in [0.1, 0.15) is 5.82 Å². The van der Waals surface area contributed by atoms with Gasteiger partial charge in [-0.2, -0.15) is 0 Å². The lowest BCUT2D eigenvalue weighted by Crippen LogP contribution is -1.91. The van der Waals surface area contributed by atoms with Crippen molar-refractivity contribution in [2.45, 2.75) is 18.8 Å². The zero-order chi connectivity index (χ0) is 7.68. The maximum Gasteiger partial charge on any atom is 0.125 e. The van der Waals surface area contributed by atoms with Crippen LogP contribution in [0.15, 0.2) is 18.3 Å². The summed E-state index contributed by atoms with van der Waals surface area (Å²) in [6.45, 7) is 0. The summed E-state index contributed by atoms with van der Waals surface area (Å²) in [7, 11) is 1.89. The molecule has 1 aliphatic carbocycles. The van der Waals surface area contributed by atoms with Crippen molar-refractivity contribution in [3.63, 3.8) is 0 Å². The van der Waals surface area contributed by atoms with Crippen molar-refractivity contribution in [2.75, 3.05) is 12.4 Å². The molecule has 2 heteroatoms. The summed E-state index contributed by atoms with van der Waals surface area (Å²) in [5.41, 5.74) is 1.39. The van der Waals surface area contributed by atoms with E-state index < -0.39 is 0 Å². The molecular weight excluding hydrogens is 136 g/mol. The number of nitrogens with zero attached hydrogens (tertiary/aromatic N) is 1. The van der Waals surface area contributed by atoms with Gasteiger partial charge in [-0.05, 0) is 30.4 Å². The van der Waals surface area contributed by atoms with Gasteiger partial charge in [-0.15, -0.1) is 0 Å². The Morgan fingerprint density at radius 3 is 2.73 bits per heavy atom. The van der Waals surface area contributed by atoms with Gasteiger partial charge in [0.15, 0.2) is 0 Å². The molecule has 1 aliphatic rings. The van der Waals surface area contributed by atoms with Crippen LogP contribution in [0.4, 0.5) is 5.82 Å². The maximum atomic E-state index is 4.25. The largest absolute Gasteiger partial charge is 0.373 e. The van der Waals surface area contributed by atoms with Crippen molar-refractivity contribution in [2.24, 2.45) is 0 Å². The minimum absolute atomic E-state index is 0.813. The van der Waals surface area contributed by atoms with Gasteiger partial charge in [-0.3, -0.25) is 0 Å². The summed E-state index contributed by atoms with van der Waals surface area (Å²) in [6, 6.07) is 4.20. The van der Waals surface area contributed by atoms with E-state index in [9.17, 15) is 0 Å². The Morgan fingerprint density at radius 2 is 2.27 bits per heavy atom. The molecular formula is C9H12N2. The molecule has 0 radical (unpaired) electrons. The molecule has 11 heavy (non-hydrogen) atoms. The molecule has 1 N–H and O–H groups in total. The summed E-state index contributed by atoms with van der Waals surface area (Å²) in [5.74, 6) is 1.77. The van der Waals surface area contributed by atoms with Crippen LogP contribution >= 0.6 is 0 Å². The molecule has 1 heterocycles. The minimum atomic E-state index is 0.813. The van der Waals surface area contributed by atoms with Crippen molar-refractivity contribution in [1.29, 1.82) is 0 Å². The molecule has 0 aromatic carbocycles. The number of hydrogen-bond acceptors (Lipinski definition) is 2. The lowest BCUT2D eigenvalue weighted by Gasteiger charge is -1.99. The second-order valence-corrected chi connectivity index (χ2v) is 3.00. The van der Waals surface area contributed by atoms with Crippen LogP contribution in [0.2, 0.25) is 0 Å². The van der Waals surface area contributed by atoms with Crippen LogP contribution in [-0.2, 0) is 0 Å². The number of nitrogens with one attached hydrogen (secondary N) is 1. The average Bonchev–Trinajstić information content (AvgIpc) is 2.87. The molecule has 0 unspecified atom stereocenters. The van der Waals surface area contributed by atoms with Crippen LogP contribution in [0.5, 0.6) is 0 Å². The summed E-state index contributed by atoms with van der Waals surface area (Å²) in [5, 5.41) is 3.00. The lowest BCUT2D eigenvalue weighted by molar-refractivity contribution is 1.09. The first-order chi connectivity index (χ1) is 5.40. The molecule has 0 atom stereocenters. The fourth-order valence-electron chi connectivity index (χ4n) is 1.21. The van der Waals surface area contributed by atoms with Crippen molar-refractivity contribution in [3.8, 4) is 0 Å². The van der Waals surface area contributed by atoms with Gasteiger partial charge < -0.3 is 5.32 Å². The minimum Gasteiger partial charge on any atom is -0.373 e. The van der Waals surface area contributed by atoms with Crippen LogP contribution < -0.4 is 5.32 Å². The Kier molecular flexibility index (Phi) is 1.53. The molecule has 1 fully saturated rings. The molecule has 2 rings (SSSR count). The van der Waals surface area contributed by atoms with Crippen LogP contribution in [0.1, 0.15) is 24.3 Å². The first-order valence-electron chi connectivity index (χ1n) is 4.04. The number of hydrogen-bond donors (Lipinski definition) is 1. The van der Waals surface area contributed by atoms with Gasteiger partial charge in [0.05, 0.1) is 0 Å². The van der Waals surface area contributed by atoms with Crippen molar-refractivity contribution >= 4 is 5.82 Å². The summed E-state index contributed by atoms with van der Waals surface area (Å²) in [6.07, 6.45) is 4.67. The first kappa shape index (κ1) is 6.65. The van der Waals surface area contributed by atoms with E-state index in [4.69, 9.17) is 0 Å². The quantitative estimate of drug-likeness (QED) is 0.693. The highest BCUT2D eigenvalue weighted by Crippen LogP contribution is 2.39. The molecule has 0 amide bonds. The molecule has 1 aromatic rings. The van der Waals surface area contributed by atoms with E-state index in [0.29, 0.717) is 0 Å². The summed E-state index contributed by atoms with van der Waals surface area (Å²) in [4.78, 5) is 4.25. The Labute approximate surface area is 66.7 Å². The Balaban J connectivity index is 2.19. The third-order valence-electron chi connectivity index (χ3n) is 2.09. The number of anilines is 1. The smallest absolute Gasteiger partial charge is 0.125 e. The van der Waals surface area contributed by atoms with E-state index in [1.165, 1.54) is 18.4 Å². The van der Waals surface area contributed by atoms with Gasteiger partial charge in [0.2, 0.25) is 0 Å². The molecule has 58 valence electrons. The Hall–Kier alpha value is -1.05. The van der Waals surface area contributed by atoms with E-state index >= 15 is 0 Å². The fraction of sp³-hybridized carbons (Fsp3) is 0.444. The highest BCUT2D eigenvalue weighted by Gasteiger charge is 2.23. The normalized spacial score (nSPS) is 16.5. The molecule has 0 aliphatic heterocycles. The van der Waals surface area contributed by atoms with Crippen LogP contribution in [-0.4, -0.2) is 12.0 Å². The second-order valence-electron chi connectivity index (χ2n) is 3.00. The van der Waals surface area contributed by atoms with E-state index in [1.54, 1.807) is 0 Å². The maximum absolute atomic E-state index is 4.25. The number of pyridine rings is 1. The monoisotopic (exact) mass is 148 g/mol. The third kappa shape index (κ3) is 1.34. The molecule has 1 aromatic heterocycles. The molecule has 2 nitrogen and oxygen atoms in total. The zero-order valence-corrected chi connectivity index (χ0v) is 6.67. The molecule has 0 saturated heterocycles. The SMILES string of the molecule is CNc1ccc(C2CC2)cn1. The van der Waals surface area contributed by atoms with Crippen LogP contribution in [0, 0.1) is 0 Å². The molecule has 0 bridgehead atoms. The highest BCUT2D eigenvalue weighted by molar-refractivity contribution is 5.36. The Morgan fingerprint density at radius 1 is 1.45 bits per heavy atom. The van der Waals surface area contributed by atoms with E-state index in [1.807, 2.05) is 19.3 Å². The fourth-order valence-corrected chi connectivity index (χ4v) is 1.21. The predicted molar refractivity (Wildman–Crippen MR) is 45.8 cm³/mol. The van der Waals surface area contributed by atoms with Gasteiger partial charge in [-0.25, -0.2) is 4.98 Å². The highest BCUT2D eigenvalue weighted by atomic mass is 14.9. The van der Waals surface area contributed by atoms with Gasteiger partial charge in [0, 0.05) is 13.2 Å². The standard InChI is InChI=1S/C9H12N2/c1-10-9-5-4-8(6-11-9)7-2-3-7/h4-7H,2-3H2,1H3,(H,10,11). The summed E-state index contributed by atoms with van der Waals surface area (Å²) >= 11 is 0. The average molecular weight is 148 g/mol. The lowest BCUT2D eigenvalue weighted by atomic mass is 10.2. The topological polar surface area (TPSA) is 24.9 Å². The van der Waals surface area contributed by atoms with Crippen molar-refractivity contribution in [3.05, 3.63) is 23.9 Å². The van der Waals surface area contributed by atoms with Crippen molar-refractivity contribution in [1.82, 2.24) is 4.98 Å². The van der Waals surface area contributed by atoms with Gasteiger partial charge >= 0.3 is 0 Å². The van der Waals surface area contributed by atoms with Gasteiger partial charge in [-0.1, -0.05) is 6.07 Å². The summed E-state index contributed by atoms with van der Waals surface area (Å²) < 4.78 is 0. The molecule has 1 saturated carbocycles. The number of rotatable bonds is 2. The van der Waals surface area contributed by atoms with Crippen LogP contribution in [0.3, 0.4) is 0 Å². The first-order valence-corrected chi connectivity index (χ1v) is 4.04. The van der Waals surface area contributed by atoms with E-state index in [-0.39, 0.29) is 0 Å². The van der Waals surface area contributed by atoms with E-state index in [0.717, 1.165) is 11.7 Å². The second kappa shape index (κ2) is 2.53. The third-order valence-corrected chi connectivity index (χ3v) is 2.09. The molecule has 0 spiro atoms. The van der Waals surface area contributed by atoms with E-state index in [2.05, 4.69) is 16.4 Å². The van der Waals surface area contributed by atoms with Crippen molar-refractivity contribution < 1.29 is 0 Å². The Bertz CT molecular complexity index is 236. The van der Waals surface area contributed by atoms with Crippen LogP contribution in [0.25, 0.3) is 0 Å². The number of aromatic nitrogens is 1. The zero-order valence-electron chi connectivity index (χ0n) is 6.67.